The fraction of sp³-hybridized carbons (Fsp3) is 0.238. The van der Waals surface area contributed by atoms with Gasteiger partial charge in [0.25, 0.3) is 0 Å². The molecule has 7 heteroatoms. The highest BCUT2D eigenvalue weighted by Crippen LogP contribution is 2.37. The summed E-state index contributed by atoms with van der Waals surface area (Å²) in [7, 11) is 3.89. The molecule has 0 bridgehead atoms. The maximum Gasteiger partial charge on any atom is 0.319 e. The number of hydrogen-bond donors (Lipinski definition) is 2. The molecular weight excluding hydrogens is 356 g/mol. The van der Waals surface area contributed by atoms with Crippen molar-refractivity contribution in [1.82, 2.24) is 10.3 Å². The molecule has 1 aliphatic heterocycles. The summed E-state index contributed by atoms with van der Waals surface area (Å²) in [6.45, 7) is 1.34. The van der Waals surface area contributed by atoms with Gasteiger partial charge >= 0.3 is 6.03 Å². The minimum Gasteiger partial charge on any atom is -0.486 e. The van der Waals surface area contributed by atoms with Gasteiger partial charge in [0.05, 0.1) is 11.2 Å². The average Bonchev–Trinajstić information content (AvgIpc) is 2.72. The van der Waals surface area contributed by atoms with Crippen molar-refractivity contribution in [2.24, 2.45) is 0 Å². The summed E-state index contributed by atoms with van der Waals surface area (Å²) in [5, 5.41) is 6.78. The van der Waals surface area contributed by atoms with Crippen LogP contribution in [0.25, 0.3) is 10.9 Å². The SMILES string of the molecule is CN(C)c1cc(CNC(=O)Nc2cccc3c2OCCO3)c2ccccc2n1. The van der Waals surface area contributed by atoms with Crippen LogP contribution in [-0.4, -0.2) is 38.3 Å². The van der Waals surface area contributed by atoms with Crippen LogP contribution in [0, 0.1) is 0 Å². The molecule has 2 heterocycles. The van der Waals surface area contributed by atoms with Crippen LogP contribution in [0.3, 0.4) is 0 Å². The fourth-order valence-electron chi connectivity index (χ4n) is 3.12. The van der Waals surface area contributed by atoms with Crippen molar-refractivity contribution >= 4 is 28.4 Å². The van der Waals surface area contributed by atoms with E-state index in [0.717, 1.165) is 22.3 Å². The largest absolute Gasteiger partial charge is 0.486 e. The summed E-state index contributed by atoms with van der Waals surface area (Å²) in [4.78, 5) is 19.1. The number of urea groups is 1. The van der Waals surface area contributed by atoms with Crippen LogP contribution in [0.15, 0.2) is 48.5 Å². The molecule has 0 atom stereocenters. The second-order valence-electron chi connectivity index (χ2n) is 6.69. The van der Waals surface area contributed by atoms with Crippen molar-refractivity contribution in [2.75, 3.05) is 37.5 Å². The highest BCUT2D eigenvalue weighted by atomic mass is 16.6. The molecule has 0 radical (unpaired) electrons. The first-order chi connectivity index (χ1) is 13.6. The van der Waals surface area contributed by atoms with Crippen LogP contribution in [-0.2, 0) is 6.54 Å². The number of nitrogens with one attached hydrogen (secondary N) is 2. The van der Waals surface area contributed by atoms with Gasteiger partial charge < -0.3 is 25.0 Å². The second kappa shape index (κ2) is 7.64. The number of anilines is 2. The van der Waals surface area contributed by atoms with Gasteiger partial charge in [-0.05, 0) is 29.8 Å². The number of para-hydroxylation sites is 2. The van der Waals surface area contributed by atoms with Gasteiger partial charge in [-0.15, -0.1) is 0 Å². The van der Waals surface area contributed by atoms with Gasteiger partial charge in [0.1, 0.15) is 19.0 Å². The van der Waals surface area contributed by atoms with E-state index in [0.29, 0.717) is 36.9 Å². The molecule has 28 heavy (non-hydrogen) atoms. The smallest absolute Gasteiger partial charge is 0.319 e. The molecule has 2 aromatic carbocycles. The molecular formula is C21H22N4O3. The zero-order valence-electron chi connectivity index (χ0n) is 15.9. The van der Waals surface area contributed by atoms with E-state index >= 15 is 0 Å². The Kier molecular flexibility index (Phi) is 4.89. The zero-order valence-corrected chi connectivity index (χ0v) is 15.9. The molecule has 1 aromatic heterocycles. The highest BCUT2D eigenvalue weighted by Gasteiger charge is 2.17. The summed E-state index contributed by atoms with van der Waals surface area (Å²) >= 11 is 0. The van der Waals surface area contributed by atoms with Crippen LogP contribution in [0.1, 0.15) is 5.56 Å². The maximum atomic E-state index is 12.5. The van der Waals surface area contributed by atoms with E-state index in [1.165, 1.54) is 0 Å². The Balaban J connectivity index is 1.51. The van der Waals surface area contributed by atoms with Crippen molar-refractivity contribution < 1.29 is 14.3 Å². The molecule has 0 aliphatic carbocycles. The quantitative estimate of drug-likeness (QED) is 0.728. The fourth-order valence-corrected chi connectivity index (χ4v) is 3.12. The van der Waals surface area contributed by atoms with Gasteiger partial charge in [-0.2, -0.15) is 0 Å². The third-order valence-electron chi connectivity index (χ3n) is 4.50. The summed E-state index contributed by atoms with van der Waals surface area (Å²) in [6, 6.07) is 15.0. The van der Waals surface area contributed by atoms with E-state index < -0.39 is 0 Å². The minimum atomic E-state index is -0.310. The van der Waals surface area contributed by atoms with Crippen molar-refractivity contribution in [3.63, 3.8) is 0 Å². The van der Waals surface area contributed by atoms with Crippen molar-refractivity contribution in [1.29, 1.82) is 0 Å². The van der Waals surface area contributed by atoms with Gasteiger partial charge in [-0.1, -0.05) is 24.3 Å². The van der Waals surface area contributed by atoms with Gasteiger partial charge in [-0.3, -0.25) is 0 Å². The second-order valence-corrected chi connectivity index (χ2v) is 6.69. The average molecular weight is 378 g/mol. The Morgan fingerprint density at radius 2 is 1.93 bits per heavy atom. The lowest BCUT2D eigenvalue weighted by Crippen LogP contribution is -2.29. The number of fused-ring (bicyclic) bond motifs is 2. The third-order valence-corrected chi connectivity index (χ3v) is 4.50. The number of benzene rings is 2. The lowest BCUT2D eigenvalue weighted by Gasteiger charge is -2.21. The van der Waals surface area contributed by atoms with Gasteiger partial charge in [-0.25, -0.2) is 9.78 Å². The zero-order chi connectivity index (χ0) is 19.5. The topological polar surface area (TPSA) is 75.7 Å². The number of amides is 2. The molecule has 2 amide bonds. The Bertz CT molecular complexity index is 1020. The highest BCUT2D eigenvalue weighted by molar-refractivity contribution is 5.92. The Labute approximate surface area is 163 Å². The lowest BCUT2D eigenvalue weighted by molar-refractivity contribution is 0.172. The molecule has 2 N–H and O–H groups in total. The standard InChI is InChI=1S/C21H22N4O3/c1-25(2)19-12-14(15-6-3-4-7-16(15)23-19)13-22-21(26)24-17-8-5-9-18-20(17)28-11-10-27-18/h3-9,12H,10-11,13H2,1-2H3,(H2,22,24,26). The molecule has 0 saturated carbocycles. The summed E-state index contributed by atoms with van der Waals surface area (Å²) in [6.07, 6.45) is 0. The monoisotopic (exact) mass is 378 g/mol. The molecule has 1 aliphatic rings. The van der Waals surface area contributed by atoms with E-state index in [2.05, 4.69) is 15.6 Å². The van der Waals surface area contributed by atoms with Crippen LogP contribution >= 0.6 is 0 Å². The first-order valence-corrected chi connectivity index (χ1v) is 9.11. The van der Waals surface area contributed by atoms with Crippen LogP contribution in [0.4, 0.5) is 16.3 Å². The third kappa shape index (κ3) is 3.64. The molecule has 7 nitrogen and oxygen atoms in total. The molecule has 4 rings (SSSR count). The minimum absolute atomic E-state index is 0.310. The molecule has 0 spiro atoms. The van der Waals surface area contributed by atoms with Crippen LogP contribution in [0.5, 0.6) is 11.5 Å². The summed E-state index contributed by atoms with van der Waals surface area (Å²) < 4.78 is 11.2. The molecule has 0 saturated heterocycles. The molecule has 144 valence electrons. The van der Waals surface area contributed by atoms with Crippen molar-refractivity contribution in [2.45, 2.75) is 6.54 Å². The van der Waals surface area contributed by atoms with Crippen LogP contribution < -0.4 is 25.0 Å². The normalized spacial score (nSPS) is 12.5. The Morgan fingerprint density at radius 3 is 2.79 bits per heavy atom. The van der Waals surface area contributed by atoms with E-state index in [-0.39, 0.29) is 6.03 Å². The molecule has 0 unspecified atom stereocenters. The number of carbonyl (C=O) groups is 1. The van der Waals surface area contributed by atoms with E-state index in [9.17, 15) is 4.79 Å². The first-order valence-electron chi connectivity index (χ1n) is 9.11. The lowest BCUT2D eigenvalue weighted by atomic mass is 10.1. The Morgan fingerprint density at radius 1 is 1.11 bits per heavy atom. The number of hydrogen-bond acceptors (Lipinski definition) is 5. The van der Waals surface area contributed by atoms with E-state index in [1.54, 1.807) is 6.07 Å². The maximum absolute atomic E-state index is 12.5. The number of rotatable bonds is 4. The van der Waals surface area contributed by atoms with Crippen molar-refractivity contribution in [3.8, 4) is 11.5 Å². The van der Waals surface area contributed by atoms with Crippen molar-refractivity contribution in [3.05, 3.63) is 54.1 Å². The van der Waals surface area contributed by atoms with Gasteiger partial charge in [0, 0.05) is 26.0 Å². The molecule has 0 fully saturated rings. The molecule has 3 aromatic rings. The number of carbonyl (C=O) groups excluding carboxylic acids is 1. The number of ether oxygens (including phenoxy) is 2. The van der Waals surface area contributed by atoms with Gasteiger partial charge in [0.15, 0.2) is 11.5 Å². The summed E-state index contributed by atoms with van der Waals surface area (Å²) in [5.41, 5.74) is 2.48. The van der Waals surface area contributed by atoms with Crippen LogP contribution in [0.2, 0.25) is 0 Å². The Hall–Kier alpha value is -3.48. The summed E-state index contributed by atoms with van der Waals surface area (Å²) in [5.74, 6) is 2.05. The number of aromatic nitrogens is 1. The van der Waals surface area contributed by atoms with E-state index in [4.69, 9.17) is 9.47 Å². The first kappa shape index (κ1) is 17.9. The predicted octanol–water partition coefficient (Wildman–Crippen LogP) is 3.39. The predicted molar refractivity (Wildman–Crippen MR) is 109 cm³/mol. The van der Waals surface area contributed by atoms with Gasteiger partial charge in [0.2, 0.25) is 0 Å². The van der Waals surface area contributed by atoms with E-state index in [1.807, 2.05) is 61.5 Å². The number of pyridine rings is 1. The number of nitrogens with zero attached hydrogens (tertiary/aromatic N) is 2.